The summed E-state index contributed by atoms with van der Waals surface area (Å²) in [5, 5.41) is 13.7. The van der Waals surface area contributed by atoms with Gasteiger partial charge in [0.15, 0.2) is 0 Å². The summed E-state index contributed by atoms with van der Waals surface area (Å²) in [6, 6.07) is 11.3. The van der Waals surface area contributed by atoms with Gasteiger partial charge in [-0.3, -0.25) is 4.99 Å². The third-order valence-electron chi connectivity index (χ3n) is 7.12. The number of rotatable bonds is 7. The number of β-amino-alcohol motifs (C(OH)–C–C–N with tert-alkyl or cyclic N) is 1. The molecular weight excluding hydrogens is 394 g/mol. The Bertz CT molecular complexity index is 996. The Morgan fingerprint density at radius 2 is 2.12 bits per heavy atom. The lowest BCUT2D eigenvalue weighted by molar-refractivity contribution is 0.154. The van der Waals surface area contributed by atoms with Crippen molar-refractivity contribution in [2.75, 3.05) is 23.3 Å². The van der Waals surface area contributed by atoms with Gasteiger partial charge in [-0.2, -0.15) is 0 Å². The van der Waals surface area contributed by atoms with Crippen molar-refractivity contribution in [3.8, 4) is 11.1 Å². The van der Waals surface area contributed by atoms with Crippen LogP contribution in [-0.4, -0.2) is 30.5 Å². The van der Waals surface area contributed by atoms with Crippen LogP contribution in [0.5, 0.6) is 0 Å². The average Bonchev–Trinajstić information content (AvgIpc) is 2.82. The van der Waals surface area contributed by atoms with Crippen molar-refractivity contribution >= 4 is 23.3 Å². The summed E-state index contributed by atoms with van der Waals surface area (Å²) < 4.78 is 0. The maximum Gasteiger partial charge on any atom is 0.0715 e. The molecule has 4 nitrogen and oxygen atoms in total. The summed E-state index contributed by atoms with van der Waals surface area (Å²) in [4.78, 5) is 7.12. The van der Waals surface area contributed by atoms with Gasteiger partial charge < -0.3 is 15.3 Å². The topological polar surface area (TPSA) is 47.9 Å². The van der Waals surface area contributed by atoms with Crippen molar-refractivity contribution < 1.29 is 5.11 Å². The van der Waals surface area contributed by atoms with Crippen LogP contribution < -0.4 is 10.2 Å². The highest BCUT2D eigenvalue weighted by Gasteiger charge is 2.23. The van der Waals surface area contributed by atoms with E-state index in [9.17, 15) is 5.11 Å². The van der Waals surface area contributed by atoms with Gasteiger partial charge in [-0.05, 0) is 90.6 Å². The fraction of sp³-hybridized carbons (Fsp3) is 0.464. The number of aliphatic hydroxyl groups is 1. The standard InChI is InChI=1S/C28H37N3O/c1-5-19(4)28-25(21-10-11-22-13-20(6-2)17-30-26(22)14-21)15-23(16-27(28)29-7-3)31-12-8-9-24(32)18-31/h7,10-11,14-17,19-20,24,29,32H,3,5-6,8-9,12-13,18H2,1-2,4H3. The van der Waals surface area contributed by atoms with E-state index < -0.39 is 0 Å². The highest BCUT2D eigenvalue weighted by atomic mass is 16.3. The average molecular weight is 432 g/mol. The van der Waals surface area contributed by atoms with E-state index in [2.05, 4.69) is 74.1 Å². The second-order valence-corrected chi connectivity index (χ2v) is 9.35. The lowest BCUT2D eigenvalue weighted by Gasteiger charge is -2.33. The van der Waals surface area contributed by atoms with Gasteiger partial charge >= 0.3 is 0 Å². The Hall–Kier alpha value is -2.59. The van der Waals surface area contributed by atoms with Crippen LogP contribution in [0.25, 0.3) is 11.1 Å². The maximum atomic E-state index is 10.3. The number of fused-ring (bicyclic) bond motifs is 1. The van der Waals surface area contributed by atoms with Gasteiger partial charge in [0, 0.05) is 30.7 Å². The van der Waals surface area contributed by atoms with Gasteiger partial charge in [0.1, 0.15) is 0 Å². The van der Waals surface area contributed by atoms with Crippen LogP contribution >= 0.6 is 0 Å². The van der Waals surface area contributed by atoms with Crippen molar-refractivity contribution in [1.29, 1.82) is 0 Å². The van der Waals surface area contributed by atoms with E-state index >= 15 is 0 Å². The molecule has 4 rings (SSSR count). The molecule has 0 bridgehead atoms. The second-order valence-electron chi connectivity index (χ2n) is 9.35. The fourth-order valence-electron chi connectivity index (χ4n) is 5.01. The van der Waals surface area contributed by atoms with Crippen LogP contribution in [0, 0.1) is 5.92 Å². The SMILES string of the molecule is C=CNc1cc(N2CCCC(O)C2)cc(-c2ccc3c(c2)N=CC(CC)C3)c1C(C)CC. The van der Waals surface area contributed by atoms with Crippen molar-refractivity contribution in [2.24, 2.45) is 10.9 Å². The van der Waals surface area contributed by atoms with E-state index in [-0.39, 0.29) is 6.10 Å². The minimum atomic E-state index is -0.262. The quantitative estimate of drug-likeness (QED) is 0.515. The van der Waals surface area contributed by atoms with Crippen molar-refractivity contribution in [3.63, 3.8) is 0 Å². The number of hydrogen-bond acceptors (Lipinski definition) is 4. The molecule has 0 aromatic heterocycles. The molecule has 2 aliphatic heterocycles. The van der Waals surface area contributed by atoms with Gasteiger partial charge in [0.2, 0.25) is 0 Å². The van der Waals surface area contributed by atoms with Gasteiger partial charge in [-0.25, -0.2) is 0 Å². The van der Waals surface area contributed by atoms with Crippen molar-refractivity contribution in [2.45, 2.75) is 64.9 Å². The number of hydrogen-bond donors (Lipinski definition) is 2. The zero-order valence-corrected chi connectivity index (χ0v) is 19.8. The summed E-state index contributed by atoms with van der Waals surface area (Å²) in [7, 11) is 0. The number of piperidine rings is 1. The lowest BCUT2D eigenvalue weighted by Crippen LogP contribution is -2.38. The van der Waals surface area contributed by atoms with E-state index in [1.807, 2.05) is 0 Å². The molecule has 2 aromatic carbocycles. The zero-order valence-electron chi connectivity index (χ0n) is 19.8. The smallest absolute Gasteiger partial charge is 0.0715 e. The van der Waals surface area contributed by atoms with Crippen LogP contribution in [0.2, 0.25) is 0 Å². The molecule has 32 heavy (non-hydrogen) atoms. The molecule has 2 heterocycles. The monoisotopic (exact) mass is 431 g/mol. The number of anilines is 2. The van der Waals surface area contributed by atoms with Crippen molar-refractivity contribution in [3.05, 3.63) is 54.2 Å². The number of benzene rings is 2. The highest BCUT2D eigenvalue weighted by molar-refractivity contribution is 5.83. The molecule has 1 saturated heterocycles. The molecule has 2 aliphatic rings. The van der Waals surface area contributed by atoms with Gasteiger partial charge in [0.25, 0.3) is 0 Å². The molecule has 0 saturated carbocycles. The zero-order chi connectivity index (χ0) is 22.7. The van der Waals surface area contributed by atoms with Gasteiger partial charge in [-0.1, -0.05) is 39.5 Å². The second kappa shape index (κ2) is 9.91. The summed E-state index contributed by atoms with van der Waals surface area (Å²) in [5.41, 5.74) is 8.47. The van der Waals surface area contributed by atoms with Crippen LogP contribution in [0.1, 0.15) is 63.5 Å². The highest BCUT2D eigenvalue weighted by Crippen LogP contribution is 2.42. The molecule has 0 radical (unpaired) electrons. The molecule has 2 aromatic rings. The van der Waals surface area contributed by atoms with Gasteiger partial charge in [0.05, 0.1) is 11.8 Å². The molecule has 170 valence electrons. The first-order chi connectivity index (χ1) is 15.5. The van der Waals surface area contributed by atoms with E-state index in [1.54, 1.807) is 6.20 Å². The minimum Gasteiger partial charge on any atom is -0.391 e. The Labute approximate surface area is 193 Å². The molecule has 4 heteroatoms. The van der Waals surface area contributed by atoms with E-state index in [0.29, 0.717) is 18.4 Å². The molecule has 0 amide bonds. The van der Waals surface area contributed by atoms with E-state index in [1.165, 1.54) is 22.3 Å². The minimum absolute atomic E-state index is 0.262. The largest absolute Gasteiger partial charge is 0.391 e. The van der Waals surface area contributed by atoms with Crippen LogP contribution in [-0.2, 0) is 6.42 Å². The molecular formula is C28H37N3O. The number of aliphatic hydroxyl groups excluding tert-OH is 1. The van der Waals surface area contributed by atoms with E-state index in [0.717, 1.165) is 55.7 Å². The number of nitrogens with one attached hydrogen (secondary N) is 1. The fourth-order valence-corrected chi connectivity index (χ4v) is 5.01. The normalized spacial score (nSPS) is 21.2. The lowest BCUT2D eigenvalue weighted by atomic mass is 9.86. The summed E-state index contributed by atoms with van der Waals surface area (Å²) in [5.74, 6) is 0.943. The summed E-state index contributed by atoms with van der Waals surface area (Å²) >= 11 is 0. The third kappa shape index (κ3) is 4.61. The third-order valence-corrected chi connectivity index (χ3v) is 7.12. The maximum absolute atomic E-state index is 10.3. The van der Waals surface area contributed by atoms with Crippen LogP contribution in [0.3, 0.4) is 0 Å². The van der Waals surface area contributed by atoms with Crippen LogP contribution in [0.4, 0.5) is 17.1 Å². The Kier molecular flexibility index (Phi) is 7.00. The molecule has 0 aliphatic carbocycles. The first-order valence-corrected chi connectivity index (χ1v) is 12.2. The summed E-state index contributed by atoms with van der Waals surface area (Å²) in [6.45, 7) is 12.3. The predicted molar refractivity (Wildman–Crippen MR) is 137 cm³/mol. The molecule has 2 N–H and O–H groups in total. The number of aliphatic imine (C=N–C) groups is 1. The first kappa shape index (κ1) is 22.6. The van der Waals surface area contributed by atoms with Crippen molar-refractivity contribution in [1.82, 2.24) is 0 Å². The van der Waals surface area contributed by atoms with E-state index in [4.69, 9.17) is 4.99 Å². The molecule has 3 unspecified atom stereocenters. The Morgan fingerprint density at radius 1 is 1.28 bits per heavy atom. The predicted octanol–water partition coefficient (Wildman–Crippen LogP) is 6.67. The summed E-state index contributed by atoms with van der Waals surface area (Å²) in [6.07, 6.45) is 8.78. The Balaban J connectivity index is 1.84. The Morgan fingerprint density at radius 3 is 2.84 bits per heavy atom. The van der Waals surface area contributed by atoms with Gasteiger partial charge in [-0.15, -0.1) is 0 Å². The van der Waals surface area contributed by atoms with Crippen LogP contribution in [0.15, 0.2) is 48.1 Å². The molecule has 0 spiro atoms. The number of nitrogens with zero attached hydrogens (tertiary/aromatic N) is 2. The first-order valence-electron chi connectivity index (χ1n) is 12.2. The molecule has 1 fully saturated rings. The molecule has 3 atom stereocenters.